The van der Waals surface area contributed by atoms with Crippen LogP contribution in [0.2, 0.25) is 0 Å². The predicted molar refractivity (Wildman–Crippen MR) is 87.6 cm³/mol. The van der Waals surface area contributed by atoms with Gasteiger partial charge in [-0.3, -0.25) is 4.79 Å². The second kappa shape index (κ2) is 5.99. The van der Waals surface area contributed by atoms with Crippen LogP contribution < -0.4 is 10.5 Å². The van der Waals surface area contributed by atoms with E-state index in [4.69, 9.17) is 5.14 Å². The number of benzene rings is 2. The van der Waals surface area contributed by atoms with Gasteiger partial charge in [0.25, 0.3) is 5.91 Å². The van der Waals surface area contributed by atoms with Gasteiger partial charge in [-0.1, -0.05) is 12.1 Å². The zero-order chi connectivity index (χ0) is 17.5. The van der Waals surface area contributed by atoms with Crippen LogP contribution in [0.15, 0.2) is 47.4 Å². The zero-order valence-corrected chi connectivity index (χ0v) is 13.8. The molecule has 1 fully saturated rings. The third kappa shape index (κ3) is 3.47. The van der Waals surface area contributed by atoms with Gasteiger partial charge >= 0.3 is 0 Å². The van der Waals surface area contributed by atoms with E-state index in [0.717, 1.165) is 12.0 Å². The van der Waals surface area contributed by atoms with Crippen molar-refractivity contribution in [3.8, 4) is 0 Å². The second-order valence-corrected chi connectivity index (χ2v) is 7.53. The van der Waals surface area contributed by atoms with Crippen LogP contribution in [0.4, 0.5) is 4.39 Å². The van der Waals surface area contributed by atoms with Crippen molar-refractivity contribution in [2.24, 2.45) is 5.14 Å². The molecule has 2 atom stereocenters. The van der Waals surface area contributed by atoms with Crippen molar-refractivity contribution in [2.75, 3.05) is 0 Å². The van der Waals surface area contributed by atoms with Crippen molar-refractivity contribution >= 4 is 15.9 Å². The topological polar surface area (TPSA) is 89.3 Å². The first kappa shape index (κ1) is 16.6. The Morgan fingerprint density at radius 3 is 2.62 bits per heavy atom. The minimum absolute atomic E-state index is 0.00288. The number of halogens is 1. The molecule has 0 aromatic heterocycles. The van der Waals surface area contributed by atoms with Crippen molar-refractivity contribution in [1.82, 2.24) is 5.32 Å². The number of nitrogens with one attached hydrogen (secondary N) is 1. The van der Waals surface area contributed by atoms with Gasteiger partial charge in [0.1, 0.15) is 5.82 Å². The lowest BCUT2D eigenvalue weighted by Crippen LogP contribution is -2.27. The molecule has 1 amide bonds. The fourth-order valence-electron chi connectivity index (χ4n) is 2.82. The van der Waals surface area contributed by atoms with Crippen LogP contribution in [0.5, 0.6) is 0 Å². The van der Waals surface area contributed by atoms with E-state index in [-0.39, 0.29) is 28.6 Å². The number of carbonyl (C=O) groups excluding carboxylic acids is 1. The average molecular weight is 348 g/mol. The molecule has 126 valence electrons. The summed E-state index contributed by atoms with van der Waals surface area (Å²) in [4.78, 5) is 12.3. The molecule has 0 aliphatic heterocycles. The quantitative estimate of drug-likeness (QED) is 0.886. The molecule has 3 rings (SSSR count). The average Bonchev–Trinajstić information content (AvgIpc) is 3.25. The molecular weight excluding hydrogens is 331 g/mol. The highest BCUT2D eigenvalue weighted by atomic mass is 32.2. The summed E-state index contributed by atoms with van der Waals surface area (Å²) in [6.45, 7) is 1.59. The molecule has 2 aromatic carbocycles. The van der Waals surface area contributed by atoms with Gasteiger partial charge in [-0.25, -0.2) is 17.9 Å². The van der Waals surface area contributed by atoms with Crippen molar-refractivity contribution < 1.29 is 17.6 Å². The number of aryl methyl sites for hydroxylation is 1. The molecule has 1 aliphatic carbocycles. The van der Waals surface area contributed by atoms with Crippen molar-refractivity contribution in [3.05, 3.63) is 65.0 Å². The molecular formula is C17H17FN2O3S. The Labute approximate surface area is 139 Å². The Balaban J connectivity index is 1.70. The van der Waals surface area contributed by atoms with Gasteiger partial charge in [0.15, 0.2) is 0 Å². The smallest absolute Gasteiger partial charge is 0.251 e. The van der Waals surface area contributed by atoms with Gasteiger partial charge in [-0.05, 0) is 54.8 Å². The van der Waals surface area contributed by atoms with Crippen LogP contribution in [0.25, 0.3) is 0 Å². The van der Waals surface area contributed by atoms with E-state index in [1.807, 2.05) is 6.07 Å². The zero-order valence-electron chi connectivity index (χ0n) is 13.0. The second-order valence-electron chi connectivity index (χ2n) is 6.00. The molecule has 0 spiro atoms. The summed E-state index contributed by atoms with van der Waals surface area (Å²) in [5.74, 6) is -0.476. The summed E-state index contributed by atoms with van der Waals surface area (Å²) >= 11 is 0. The highest BCUT2D eigenvalue weighted by Crippen LogP contribution is 2.41. The number of carbonyl (C=O) groups is 1. The minimum atomic E-state index is -3.80. The molecule has 2 aromatic rings. The van der Waals surface area contributed by atoms with E-state index in [9.17, 15) is 17.6 Å². The molecule has 1 aliphatic rings. The van der Waals surface area contributed by atoms with Crippen LogP contribution >= 0.6 is 0 Å². The molecule has 0 radical (unpaired) electrons. The van der Waals surface area contributed by atoms with Crippen molar-refractivity contribution in [2.45, 2.75) is 30.2 Å². The van der Waals surface area contributed by atoms with Crippen LogP contribution in [-0.2, 0) is 10.0 Å². The van der Waals surface area contributed by atoms with Crippen LogP contribution in [-0.4, -0.2) is 20.4 Å². The van der Waals surface area contributed by atoms with Crippen molar-refractivity contribution in [3.63, 3.8) is 0 Å². The van der Waals surface area contributed by atoms with Gasteiger partial charge < -0.3 is 5.32 Å². The van der Waals surface area contributed by atoms with Gasteiger partial charge in [0.05, 0.1) is 4.90 Å². The Hall–Kier alpha value is -2.25. The first-order valence-electron chi connectivity index (χ1n) is 7.45. The van der Waals surface area contributed by atoms with E-state index in [2.05, 4.69) is 5.32 Å². The molecule has 0 heterocycles. The molecule has 7 heteroatoms. The lowest BCUT2D eigenvalue weighted by molar-refractivity contribution is 0.0950. The SMILES string of the molecule is Cc1cc(C(=O)NC2CC2c2cccc(F)c2)ccc1S(N)(=O)=O. The minimum Gasteiger partial charge on any atom is -0.349 e. The van der Waals surface area contributed by atoms with Gasteiger partial charge in [-0.15, -0.1) is 0 Å². The fraction of sp³-hybridized carbons (Fsp3) is 0.235. The van der Waals surface area contributed by atoms with Crippen LogP contribution in [0, 0.1) is 12.7 Å². The number of rotatable bonds is 4. The highest BCUT2D eigenvalue weighted by Gasteiger charge is 2.39. The molecule has 2 unspecified atom stereocenters. The van der Waals surface area contributed by atoms with Gasteiger partial charge in [0, 0.05) is 17.5 Å². The van der Waals surface area contributed by atoms with E-state index in [1.54, 1.807) is 13.0 Å². The third-order valence-electron chi connectivity index (χ3n) is 4.13. The standard InChI is InChI=1S/C17H17FN2O3S/c1-10-7-12(5-6-16(10)24(19,22)23)17(21)20-15-9-14(15)11-3-2-4-13(18)8-11/h2-8,14-15H,9H2,1H3,(H,20,21)(H2,19,22,23). The number of primary sulfonamides is 1. The maximum atomic E-state index is 13.2. The lowest BCUT2D eigenvalue weighted by atomic mass is 10.1. The molecule has 0 bridgehead atoms. The predicted octanol–water partition coefficient (Wildman–Crippen LogP) is 2.07. The fourth-order valence-corrected chi connectivity index (χ4v) is 3.59. The number of hydrogen-bond acceptors (Lipinski definition) is 3. The summed E-state index contributed by atoms with van der Waals surface area (Å²) in [5.41, 5.74) is 1.65. The van der Waals surface area contributed by atoms with Crippen LogP contribution in [0.1, 0.15) is 33.8 Å². The van der Waals surface area contributed by atoms with E-state index in [1.165, 1.54) is 30.3 Å². The van der Waals surface area contributed by atoms with Crippen molar-refractivity contribution in [1.29, 1.82) is 0 Å². The Morgan fingerprint density at radius 2 is 2.00 bits per heavy atom. The maximum absolute atomic E-state index is 13.2. The third-order valence-corrected chi connectivity index (χ3v) is 5.20. The highest BCUT2D eigenvalue weighted by molar-refractivity contribution is 7.89. The van der Waals surface area contributed by atoms with E-state index >= 15 is 0 Å². The molecule has 24 heavy (non-hydrogen) atoms. The summed E-state index contributed by atoms with van der Waals surface area (Å²) < 4.78 is 36.0. The van der Waals surface area contributed by atoms with Gasteiger partial charge in [-0.2, -0.15) is 0 Å². The molecule has 3 N–H and O–H groups in total. The Kier molecular flexibility index (Phi) is 4.15. The number of nitrogens with two attached hydrogens (primary N) is 1. The summed E-state index contributed by atoms with van der Waals surface area (Å²) in [6.07, 6.45) is 0.753. The summed E-state index contributed by atoms with van der Waals surface area (Å²) in [6, 6.07) is 10.6. The monoisotopic (exact) mass is 348 g/mol. The number of hydrogen-bond donors (Lipinski definition) is 2. The Bertz CT molecular complexity index is 912. The maximum Gasteiger partial charge on any atom is 0.251 e. The van der Waals surface area contributed by atoms with E-state index < -0.39 is 10.0 Å². The number of sulfonamides is 1. The first-order valence-corrected chi connectivity index (χ1v) is 9.00. The number of amides is 1. The molecule has 5 nitrogen and oxygen atoms in total. The molecule has 1 saturated carbocycles. The molecule has 0 saturated heterocycles. The summed E-state index contributed by atoms with van der Waals surface area (Å²) in [5, 5.41) is 7.99. The largest absolute Gasteiger partial charge is 0.349 e. The van der Waals surface area contributed by atoms with Crippen LogP contribution in [0.3, 0.4) is 0 Å². The van der Waals surface area contributed by atoms with Gasteiger partial charge in [0.2, 0.25) is 10.0 Å². The Morgan fingerprint density at radius 1 is 1.25 bits per heavy atom. The summed E-state index contributed by atoms with van der Waals surface area (Å²) in [7, 11) is -3.80. The lowest BCUT2D eigenvalue weighted by Gasteiger charge is -2.08. The first-order chi connectivity index (χ1) is 11.3. The normalized spacial score (nSPS) is 19.8. The van der Waals surface area contributed by atoms with E-state index in [0.29, 0.717) is 11.1 Å².